The summed E-state index contributed by atoms with van der Waals surface area (Å²) in [6, 6.07) is 11.4. The monoisotopic (exact) mass is 417 g/mol. The van der Waals surface area contributed by atoms with E-state index in [0.29, 0.717) is 31.2 Å². The Morgan fingerprint density at radius 1 is 1.07 bits per heavy atom. The number of nitrogens with zero attached hydrogens (tertiary/aromatic N) is 2. The van der Waals surface area contributed by atoms with Crippen LogP contribution in [0.4, 0.5) is 0 Å². The lowest BCUT2D eigenvalue weighted by atomic mass is 10.2. The molecule has 0 atom stereocenters. The summed E-state index contributed by atoms with van der Waals surface area (Å²) in [4.78, 5) is 4.35. The maximum atomic E-state index is 10.8. The average molecular weight is 418 g/mol. The maximum absolute atomic E-state index is 10.8. The van der Waals surface area contributed by atoms with Gasteiger partial charge in [-0.15, -0.1) is 0 Å². The quantitative estimate of drug-likeness (QED) is 0.307. The van der Waals surface area contributed by atoms with Crippen molar-refractivity contribution in [3.63, 3.8) is 0 Å². The molecule has 154 valence electrons. The Labute approximate surface area is 170 Å². The Hall–Kier alpha value is -2.71. The summed E-state index contributed by atoms with van der Waals surface area (Å²) in [5.41, 5.74) is 1.74. The lowest BCUT2D eigenvalue weighted by molar-refractivity contribution is -0.696. The molecule has 0 bridgehead atoms. The van der Waals surface area contributed by atoms with Gasteiger partial charge in [-0.2, -0.15) is 8.42 Å². The fourth-order valence-corrected chi connectivity index (χ4v) is 3.26. The predicted molar refractivity (Wildman–Crippen MR) is 109 cm³/mol. The second-order valence-electron chi connectivity index (χ2n) is 6.72. The van der Waals surface area contributed by atoms with E-state index >= 15 is 0 Å². The van der Waals surface area contributed by atoms with E-state index in [1.807, 2.05) is 53.4 Å². The molecule has 0 radical (unpaired) electrons. The van der Waals surface area contributed by atoms with E-state index in [9.17, 15) is 8.42 Å². The van der Waals surface area contributed by atoms with Crippen LogP contribution >= 0.6 is 0 Å². The van der Waals surface area contributed by atoms with E-state index in [1.165, 1.54) is 0 Å². The van der Waals surface area contributed by atoms with Crippen LogP contribution in [0, 0.1) is 0 Å². The molecule has 1 aromatic carbocycles. The van der Waals surface area contributed by atoms with Crippen molar-refractivity contribution in [3.8, 4) is 28.5 Å². The molecular formula is C21H25N2O5S+. The molecule has 3 rings (SSSR count). The Morgan fingerprint density at radius 3 is 2.45 bits per heavy atom. The van der Waals surface area contributed by atoms with Gasteiger partial charge in [0.25, 0.3) is 10.1 Å². The fraction of sp³-hybridized carbons (Fsp3) is 0.333. The topological polar surface area (TPSA) is 93.5 Å². The number of hydrogen-bond acceptors (Lipinski definition) is 5. The van der Waals surface area contributed by atoms with Crippen molar-refractivity contribution in [3.05, 3.63) is 55.0 Å². The minimum absolute atomic E-state index is 0.257. The summed E-state index contributed by atoms with van der Waals surface area (Å²) in [5.74, 6) is 1.76. The van der Waals surface area contributed by atoms with Crippen LogP contribution in [0.15, 0.2) is 59.4 Å². The first-order chi connectivity index (χ1) is 13.9. The minimum Gasteiger partial charge on any atom is -0.494 e. The summed E-state index contributed by atoms with van der Waals surface area (Å²) in [5, 5.41) is 0. The first-order valence-electron chi connectivity index (χ1n) is 9.58. The molecule has 0 unspecified atom stereocenters. The molecule has 0 saturated carbocycles. The molecule has 2 heterocycles. The van der Waals surface area contributed by atoms with Crippen molar-refractivity contribution in [1.29, 1.82) is 0 Å². The molecule has 0 aliphatic heterocycles. The van der Waals surface area contributed by atoms with Gasteiger partial charge in [0.1, 0.15) is 12.3 Å². The molecule has 1 N–H and O–H groups in total. The van der Waals surface area contributed by atoms with Gasteiger partial charge in [-0.25, -0.2) is 9.55 Å². The normalized spacial score (nSPS) is 11.5. The van der Waals surface area contributed by atoms with E-state index in [4.69, 9.17) is 13.7 Å². The van der Waals surface area contributed by atoms with Crippen molar-refractivity contribution in [2.24, 2.45) is 0 Å². The van der Waals surface area contributed by atoms with Crippen LogP contribution in [0.3, 0.4) is 0 Å². The molecule has 0 fully saturated rings. The van der Waals surface area contributed by atoms with Crippen molar-refractivity contribution < 1.29 is 26.7 Å². The van der Waals surface area contributed by atoms with Gasteiger partial charge in [-0.3, -0.25) is 4.55 Å². The number of hydrogen-bond donors (Lipinski definition) is 1. The number of aromatic nitrogens is 2. The molecule has 0 spiro atoms. The largest absolute Gasteiger partial charge is 0.494 e. The second kappa shape index (κ2) is 9.67. The average Bonchev–Trinajstić information content (AvgIpc) is 3.18. The van der Waals surface area contributed by atoms with E-state index in [-0.39, 0.29) is 5.75 Å². The standard InChI is InChI=1S/C21H24N2O5S/c1-2-3-14-27-19-7-5-17(6-8-19)20-16-22-21(28-20)18-9-12-23(13-10-18)11-4-15-29(24,25)26/h5-10,12-13,16H,2-4,11,14-15H2,1H3/p+1. The van der Waals surface area contributed by atoms with Crippen LogP contribution in [-0.2, 0) is 16.7 Å². The molecule has 8 heteroatoms. The highest BCUT2D eigenvalue weighted by molar-refractivity contribution is 7.85. The number of oxazole rings is 1. The van der Waals surface area contributed by atoms with Crippen molar-refractivity contribution in [2.75, 3.05) is 12.4 Å². The van der Waals surface area contributed by atoms with Crippen LogP contribution in [0.25, 0.3) is 22.8 Å². The summed E-state index contributed by atoms with van der Waals surface area (Å²) >= 11 is 0. The van der Waals surface area contributed by atoms with Gasteiger partial charge >= 0.3 is 0 Å². The van der Waals surface area contributed by atoms with Crippen molar-refractivity contribution in [2.45, 2.75) is 32.7 Å². The van der Waals surface area contributed by atoms with Gasteiger partial charge in [0.15, 0.2) is 18.2 Å². The lowest BCUT2D eigenvalue weighted by Crippen LogP contribution is -2.33. The SMILES string of the molecule is CCCCOc1ccc(-c2cnc(-c3cc[n+](CCCS(=O)(=O)O)cc3)o2)cc1. The Morgan fingerprint density at radius 2 is 1.79 bits per heavy atom. The highest BCUT2D eigenvalue weighted by Crippen LogP contribution is 2.27. The molecular weight excluding hydrogens is 392 g/mol. The summed E-state index contributed by atoms with van der Waals surface area (Å²) in [6.45, 7) is 3.33. The third kappa shape index (κ3) is 6.40. The number of ether oxygens (including phenoxy) is 1. The molecule has 29 heavy (non-hydrogen) atoms. The maximum Gasteiger partial charge on any atom is 0.265 e. The Bertz CT molecular complexity index is 1010. The molecule has 0 saturated heterocycles. The smallest absolute Gasteiger partial charge is 0.265 e. The second-order valence-corrected chi connectivity index (χ2v) is 8.29. The molecule has 0 aliphatic carbocycles. The number of rotatable bonds is 10. The van der Waals surface area contributed by atoms with Crippen molar-refractivity contribution >= 4 is 10.1 Å². The highest BCUT2D eigenvalue weighted by atomic mass is 32.2. The van der Waals surface area contributed by atoms with Gasteiger partial charge < -0.3 is 9.15 Å². The summed E-state index contributed by atoms with van der Waals surface area (Å²) in [7, 11) is -3.92. The first kappa shape index (κ1) is 21.0. The number of benzene rings is 1. The number of pyridine rings is 1. The van der Waals surface area contributed by atoms with Crippen LogP contribution in [0.2, 0.25) is 0 Å². The van der Waals surface area contributed by atoms with Gasteiger partial charge in [-0.1, -0.05) is 13.3 Å². The van der Waals surface area contributed by atoms with Crippen LogP contribution in [0.5, 0.6) is 5.75 Å². The van der Waals surface area contributed by atoms with Crippen LogP contribution in [0.1, 0.15) is 26.2 Å². The van der Waals surface area contributed by atoms with Crippen LogP contribution in [-0.4, -0.2) is 30.3 Å². The third-order valence-electron chi connectivity index (χ3n) is 4.37. The number of unbranched alkanes of at least 4 members (excludes halogenated alkanes) is 1. The zero-order valence-corrected chi connectivity index (χ0v) is 17.1. The Balaban J connectivity index is 1.62. The number of aryl methyl sites for hydroxylation is 1. The molecule has 2 aromatic heterocycles. The highest BCUT2D eigenvalue weighted by Gasteiger charge is 2.12. The molecule has 0 aliphatic rings. The van der Waals surface area contributed by atoms with Crippen molar-refractivity contribution in [1.82, 2.24) is 4.98 Å². The van der Waals surface area contributed by atoms with Gasteiger partial charge in [0.2, 0.25) is 5.89 Å². The summed E-state index contributed by atoms with van der Waals surface area (Å²) in [6.07, 6.45) is 7.81. The first-order valence-corrected chi connectivity index (χ1v) is 11.2. The van der Waals surface area contributed by atoms with E-state index in [2.05, 4.69) is 11.9 Å². The predicted octanol–water partition coefficient (Wildman–Crippen LogP) is 3.75. The molecule has 3 aromatic rings. The lowest BCUT2D eigenvalue weighted by Gasteiger charge is -2.05. The Kier molecular flexibility index (Phi) is 7.00. The van der Waals surface area contributed by atoms with Gasteiger partial charge in [0.05, 0.1) is 18.6 Å². The van der Waals surface area contributed by atoms with E-state index in [0.717, 1.165) is 29.7 Å². The zero-order valence-electron chi connectivity index (χ0n) is 16.3. The van der Waals surface area contributed by atoms with Gasteiger partial charge in [0, 0.05) is 29.7 Å². The van der Waals surface area contributed by atoms with E-state index < -0.39 is 10.1 Å². The summed E-state index contributed by atoms with van der Waals surface area (Å²) < 4.78 is 43.7. The third-order valence-corrected chi connectivity index (χ3v) is 5.17. The van der Waals surface area contributed by atoms with Crippen LogP contribution < -0.4 is 9.30 Å². The fourth-order valence-electron chi connectivity index (χ4n) is 2.77. The minimum atomic E-state index is -3.92. The molecule has 0 amide bonds. The molecule has 7 nitrogen and oxygen atoms in total. The van der Waals surface area contributed by atoms with Gasteiger partial charge in [-0.05, 0) is 30.7 Å². The van der Waals surface area contributed by atoms with E-state index in [1.54, 1.807) is 6.20 Å². The zero-order chi connectivity index (χ0) is 20.7.